The summed E-state index contributed by atoms with van der Waals surface area (Å²) in [7, 11) is 4.03. The molecule has 3 N–H and O–H groups in total. The first-order valence-corrected chi connectivity index (χ1v) is 6.49. The second-order valence-electron chi connectivity index (χ2n) is 4.87. The number of likely N-dealkylation sites (N-methyl/N-ethyl adjacent to an activating group) is 1. The lowest BCUT2D eigenvalue weighted by molar-refractivity contribution is 0.413. The van der Waals surface area contributed by atoms with E-state index in [-0.39, 0.29) is 11.7 Å². The Morgan fingerprint density at radius 2 is 1.95 bits per heavy atom. The number of halogens is 1. The minimum atomic E-state index is -0.363. The van der Waals surface area contributed by atoms with Gasteiger partial charge in [-0.25, -0.2) is 4.39 Å². The molecule has 1 rings (SSSR count). The fraction of sp³-hybridized carbons (Fsp3) is 0.500. The molecule has 0 fully saturated rings. The maximum absolute atomic E-state index is 13.3. The average molecular weight is 266 g/mol. The van der Waals surface area contributed by atoms with Gasteiger partial charge in [0.05, 0.1) is 0 Å². The first-order valence-electron chi connectivity index (χ1n) is 6.49. The van der Waals surface area contributed by atoms with Crippen LogP contribution < -0.4 is 10.6 Å². The average Bonchev–Trinajstić information content (AvgIpc) is 2.34. The van der Waals surface area contributed by atoms with Gasteiger partial charge in [0.2, 0.25) is 0 Å². The predicted octanol–water partition coefficient (Wildman–Crippen LogP) is 1.89. The van der Waals surface area contributed by atoms with E-state index in [4.69, 9.17) is 11.1 Å². The number of hydrogen-bond donors (Lipinski definition) is 2. The van der Waals surface area contributed by atoms with E-state index in [1.807, 2.05) is 14.1 Å². The van der Waals surface area contributed by atoms with E-state index in [1.54, 1.807) is 6.07 Å². The fourth-order valence-electron chi connectivity index (χ4n) is 1.94. The summed E-state index contributed by atoms with van der Waals surface area (Å²) in [6.45, 7) is 4.68. The second-order valence-corrected chi connectivity index (χ2v) is 4.87. The second kappa shape index (κ2) is 7.09. The van der Waals surface area contributed by atoms with Crippen LogP contribution in [0.1, 0.15) is 18.9 Å². The number of amidine groups is 1. The van der Waals surface area contributed by atoms with Gasteiger partial charge in [-0.3, -0.25) is 5.41 Å². The normalized spacial score (nSPS) is 10.8. The summed E-state index contributed by atoms with van der Waals surface area (Å²) in [5, 5.41) is 7.59. The van der Waals surface area contributed by atoms with Gasteiger partial charge in [0.1, 0.15) is 11.7 Å². The molecule has 0 radical (unpaired) electrons. The van der Waals surface area contributed by atoms with Crippen LogP contribution in [0.4, 0.5) is 10.1 Å². The lowest BCUT2D eigenvalue weighted by Crippen LogP contribution is -2.34. The van der Waals surface area contributed by atoms with Crippen LogP contribution >= 0.6 is 0 Å². The van der Waals surface area contributed by atoms with E-state index in [1.165, 1.54) is 12.1 Å². The third-order valence-corrected chi connectivity index (χ3v) is 2.90. The Morgan fingerprint density at radius 1 is 1.26 bits per heavy atom. The first-order chi connectivity index (χ1) is 8.95. The minimum Gasteiger partial charge on any atom is -0.384 e. The SMILES string of the molecule is CCCN(CCN(C)C)c1ccc(F)cc1C(=N)N. The van der Waals surface area contributed by atoms with Crippen LogP contribution in [0.5, 0.6) is 0 Å². The van der Waals surface area contributed by atoms with Gasteiger partial charge in [-0.15, -0.1) is 0 Å². The lowest BCUT2D eigenvalue weighted by Gasteiger charge is -2.28. The van der Waals surface area contributed by atoms with Crippen molar-refractivity contribution in [2.45, 2.75) is 13.3 Å². The van der Waals surface area contributed by atoms with Crippen molar-refractivity contribution in [2.75, 3.05) is 38.6 Å². The fourth-order valence-corrected chi connectivity index (χ4v) is 1.94. The molecule has 1 aromatic carbocycles. The molecule has 0 saturated carbocycles. The van der Waals surface area contributed by atoms with Crippen molar-refractivity contribution in [1.82, 2.24) is 4.90 Å². The summed E-state index contributed by atoms with van der Waals surface area (Å²) >= 11 is 0. The third-order valence-electron chi connectivity index (χ3n) is 2.90. The Labute approximate surface area is 114 Å². The van der Waals surface area contributed by atoms with Crippen LogP contribution in [0, 0.1) is 11.2 Å². The van der Waals surface area contributed by atoms with Crippen LogP contribution in [0.3, 0.4) is 0 Å². The molecule has 106 valence electrons. The summed E-state index contributed by atoms with van der Waals surface area (Å²) in [5.74, 6) is -0.460. The lowest BCUT2D eigenvalue weighted by atomic mass is 10.1. The summed E-state index contributed by atoms with van der Waals surface area (Å²) in [6.07, 6.45) is 0.988. The number of hydrogen-bond acceptors (Lipinski definition) is 3. The molecule has 19 heavy (non-hydrogen) atoms. The maximum atomic E-state index is 13.3. The third kappa shape index (κ3) is 4.52. The molecule has 0 bridgehead atoms. The van der Waals surface area contributed by atoms with E-state index >= 15 is 0 Å². The summed E-state index contributed by atoms with van der Waals surface area (Å²) in [5.41, 5.74) is 6.85. The van der Waals surface area contributed by atoms with Crippen molar-refractivity contribution in [3.05, 3.63) is 29.6 Å². The molecule has 5 heteroatoms. The van der Waals surface area contributed by atoms with Crippen molar-refractivity contribution in [3.8, 4) is 0 Å². The number of rotatable bonds is 7. The van der Waals surface area contributed by atoms with E-state index in [0.717, 1.165) is 31.7 Å². The molecular weight excluding hydrogens is 243 g/mol. The van der Waals surface area contributed by atoms with Gasteiger partial charge in [0.15, 0.2) is 0 Å². The van der Waals surface area contributed by atoms with Crippen LogP contribution in [-0.2, 0) is 0 Å². The van der Waals surface area contributed by atoms with Crippen LogP contribution in [0.15, 0.2) is 18.2 Å². The Kier molecular flexibility index (Phi) is 5.76. The highest BCUT2D eigenvalue weighted by molar-refractivity contribution is 6.00. The Morgan fingerprint density at radius 3 is 2.47 bits per heavy atom. The largest absolute Gasteiger partial charge is 0.384 e. The number of nitrogen functional groups attached to an aromatic ring is 1. The van der Waals surface area contributed by atoms with E-state index in [0.29, 0.717) is 5.56 Å². The zero-order chi connectivity index (χ0) is 14.4. The van der Waals surface area contributed by atoms with Crippen LogP contribution in [0.25, 0.3) is 0 Å². The molecule has 4 nitrogen and oxygen atoms in total. The van der Waals surface area contributed by atoms with Gasteiger partial charge in [0.25, 0.3) is 0 Å². The van der Waals surface area contributed by atoms with Gasteiger partial charge in [-0.2, -0.15) is 0 Å². The number of nitrogens with zero attached hydrogens (tertiary/aromatic N) is 2. The standard InChI is InChI=1S/C14H23FN4/c1-4-7-19(9-8-18(2)3)13-6-5-11(15)10-12(13)14(16)17/h5-6,10H,4,7-9H2,1-3H3,(H3,16,17). The molecule has 0 aliphatic carbocycles. The Bertz CT molecular complexity index is 431. The number of nitrogens with two attached hydrogens (primary N) is 1. The molecule has 0 aliphatic rings. The first kappa shape index (κ1) is 15.4. The van der Waals surface area contributed by atoms with Gasteiger partial charge < -0.3 is 15.5 Å². The van der Waals surface area contributed by atoms with Gasteiger partial charge >= 0.3 is 0 Å². The molecular formula is C14H23FN4. The predicted molar refractivity (Wildman–Crippen MR) is 78.5 cm³/mol. The molecule has 0 spiro atoms. The molecule has 0 aromatic heterocycles. The molecule has 0 unspecified atom stereocenters. The number of nitrogens with one attached hydrogen (secondary N) is 1. The van der Waals surface area contributed by atoms with Crippen molar-refractivity contribution in [3.63, 3.8) is 0 Å². The zero-order valence-electron chi connectivity index (χ0n) is 11.9. The minimum absolute atomic E-state index is 0.0968. The Balaban J connectivity index is 3.03. The van der Waals surface area contributed by atoms with Crippen LogP contribution in [-0.4, -0.2) is 44.5 Å². The molecule has 0 heterocycles. The number of anilines is 1. The van der Waals surface area contributed by atoms with Gasteiger partial charge in [0, 0.05) is 30.9 Å². The summed E-state index contributed by atoms with van der Waals surface area (Å²) < 4.78 is 13.3. The summed E-state index contributed by atoms with van der Waals surface area (Å²) in [6, 6.07) is 4.45. The highest BCUT2D eigenvalue weighted by Crippen LogP contribution is 2.21. The van der Waals surface area contributed by atoms with E-state index in [2.05, 4.69) is 16.7 Å². The van der Waals surface area contributed by atoms with Gasteiger partial charge in [-0.05, 0) is 38.7 Å². The molecule has 0 saturated heterocycles. The number of benzene rings is 1. The molecule has 0 amide bonds. The maximum Gasteiger partial charge on any atom is 0.125 e. The van der Waals surface area contributed by atoms with Crippen molar-refractivity contribution < 1.29 is 4.39 Å². The monoisotopic (exact) mass is 266 g/mol. The summed E-state index contributed by atoms with van der Waals surface area (Å²) in [4.78, 5) is 4.25. The molecule has 1 aromatic rings. The Hall–Kier alpha value is -1.62. The smallest absolute Gasteiger partial charge is 0.125 e. The van der Waals surface area contributed by atoms with E-state index < -0.39 is 0 Å². The molecule has 0 atom stereocenters. The van der Waals surface area contributed by atoms with Crippen LogP contribution in [0.2, 0.25) is 0 Å². The highest BCUT2D eigenvalue weighted by atomic mass is 19.1. The van der Waals surface area contributed by atoms with Crippen molar-refractivity contribution in [2.24, 2.45) is 5.73 Å². The zero-order valence-corrected chi connectivity index (χ0v) is 11.9. The highest BCUT2D eigenvalue weighted by Gasteiger charge is 2.13. The quantitative estimate of drug-likeness (QED) is 0.585. The van der Waals surface area contributed by atoms with Gasteiger partial charge in [-0.1, -0.05) is 6.92 Å². The topological polar surface area (TPSA) is 56.4 Å². The van der Waals surface area contributed by atoms with Crippen molar-refractivity contribution in [1.29, 1.82) is 5.41 Å². The van der Waals surface area contributed by atoms with E-state index in [9.17, 15) is 4.39 Å². The van der Waals surface area contributed by atoms with Crippen molar-refractivity contribution >= 4 is 11.5 Å². The molecule has 0 aliphatic heterocycles.